The molecular formula is C8H8ClNO3. The van der Waals surface area contributed by atoms with E-state index in [2.05, 4.69) is 5.32 Å². The fourth-order valence-corrected chi connectivity index (χ4v) is 1.01. The molecule has 0 spiro atoms. The summed E-state index contributed by atoms with van der Waals surface area (Å²) in [5.74, 6) is 0.549. The lowest BCUT2D eigenvalue weighted by molar-refractivity contribution is 0.210. The minimum absolute atomic E-state index is 0.313. The summed E-state index contributed by atoms with van der Waals surface area (Å²) in [4.78, 5) is 10.3. The van der Waals surface area contributed by atoms with Crippen LogP contribution in [0.4, 0.5) is 10.5 Å². The third-order valence-corrected chi connectivity index (χ3v) is 1.74. The van der Waals surface area contributed by atoms with Crippen molar-refractivity contribution in [2.24, 2.45) is 0 Å². The first-order valence-corrected chi connectivity index (χ1v) is 3.85. The highest BCUT2D eigenvalue weighted by Gasteiger charge is 2.04. The fraction of sp³-hybridized carbons (Fsp3) is 0.125. The van der Waals surface area contributed by atoms with Gasteiger partial charge >= 0.3 is 6.09 Å². The molecule has 0 aliphatic rings. The summed E-state index contributed by atoms with van der Waals surface area (Å²) in [6.07, 6.45) is -1.16. The van der Waals surface area contributed by atoms with E-state index in [1.807, 2.05) is 0 Å². The maximum absolute atomic E-state index is 10.3. The van der Waals surface area contributed by atoms with Crippen LogP contribution in [0.2, 0.25) is 5.02 Å². The van der Waals surface area contributed by atoms with E-state index in [0.717, 1.165) is 0 Å². The zero-order chi connectivity index (χ0) is 9.84. The van der Waals surface area contributed by atoms with Gasteiger partial charge in [-0.15, -0.1) is 0 Å². The predicted molar refractivity (Wildman–Crippen MR) is 49.7 cm³/mol. The van der Waals surface area contributed by atoms with Gasteiger partial charge in [-0.05, 0) is 12.1 Å². The Labute approximate surface area is 80.1 Å². The highest BCUT2D eigenvalue weighted by atomic mass is 35.5. The lowest BCUT2D eigenvalue weighted by Crippen LogP contribution is -2.07. The SMILES string of the molecule is COc1ccc(Cl)c(NC(=O)O)c1. The zero-order valence-corrected chi connectivity index (χ0v) is 7.63. The molecule has 0 bridgehead atoms. The number of methoxy groups -OCH3 is 1. The maximum atomic E-state index is 10.3. The van der Waals surface area contributed by atoms with Crippen LogP contribution in [0.5, 0.6) is 5.75 Å². The zero-order valence-electron chi connectivity index (χ0n) is 6.87. The smallest absolute Gasteiger partial charge is 0.409 e. The molecule has 0 heterocycles. The van der Waals surface area contributed by atoms with Crippen molar-refractivity contribution in [1.82, 2.24) is 0 Å². The van der Waals surface area contributed by atoms with E-state index < -0.39 is 6.09 Å². The molecule has 1 aromatic rings. The average Bonchev–Trinajstić information content (AvgIpc) is 2.08. The molecule has 0 atom stereocenters. The molecule has 0 fully saturated rings. The highest BCUT2D eigenvalue weighted by molar-refractivity contribution is 6.33. The molecule has 1 amide bonds. The minimum atomic E-state index is -1.16. The Morgan fingerprint density at radius 3 is 2.85 bits per heavy atom. The van der Waals surface area contributed by atoms with E-state index in [1.54, 1.807) is 12.1 Å². The lowest BCUT2D eigenvalue weighted by Gasteiger charge is -2.05. The number of anilines is 1. The third-order valence-electron chi connectivity index (χ3n) is 1.42. The average molecular weight is 202 g/mol. The second-order valence-electron chi connectivity index (χ2n) is 2.28. The molecule has 1 aromatic carbocycles. The van der Waals surface area contributed by atoms with Crippen molar-refractivity contribution < 1.29 is 14.6 Å². The Morgan fingerprint density at radius 2 is 2.31 bits per heavy atom. The molecule has 4 nitrogen and oxygen atoms in total. The van der Waals surface area contributed by atoms with E-state index in [1.165, 1.54) is 13.2 Å². The number of halogens is 1. The first-order chi connectivity index (χ1) is 6.13. The van der Waals surface area contributed by atoms with Crippen LogP contribution < -0.4 is 10.1 Å². The summed E-state index contributed by atoms with van der Waals surface area (Å²) in [7, 11) is 1.49. The number of hydrogen-bond donors (Lipinski definition) is 2. The summed E-state index contributed by atoms with van der Waals surface area (Å²) < 4.78 is 4.90. The van der Waals surface area contributed by atoms with Gasteiger partial charge < -0.3 is 9.84 Å². The molecule has 0 unspecified atom stereocenters. The number of carboxylic acid groups (broad SMARTS) is 1. The van der Waals surface area contributed by atoms with Crippen molar-refractivity contribution in [1.29, 1.82) is 0 Å². The van der Waals surface area contributed by atoms with Crippen LogP contribution in [0.3, 0.4) is 0 Å². The first-order valence-electron chi connectivity index (χ1n) is 3.47. The topological polar surface area (TPSA) is 58.6 Å². The standard InChI is InChI=1S/C8H8ClNO3/c1-13-5-2-3-6(9)7(4-5)10-8(11)12/h2-4,10H,1H3,(H,11,12). The molecule has 0 saturated carbocycles. The van der Waals surface area contributed by atoms with Crippen LogP contribution in [-0.4, -0.2) is 18.3 Å². The van der Waals surface area contributed by atoms with Crippen LogP contribution in [0.1, 0.15) is 0 Å². The molecule has 2 N–H and O–H groups in total. The number of benzene rings is 1. The molecule has 0 saturated heterocycles. The molecule has 5 heteroatoms. The predicted octanol–water partition coefficient (Wildman–Crippen LogP) is 2.44. The molecule has 0 aliphatic carbocycles. The van der Waals surface area contributed by atoms with Crippen molar-refractivity contribution >= 4 is 23.4 Å². The summed E-state index contributed by atoms with van der Waals surface area (Å²) in [5, 5.41) is 10.9. The molecular weight excluding hydrogens is 194 g/mol. The Bertz CT molecular complexity index is 327. The lowest BCUT2D eigenvalue weighted by atomic mass is 10.3. The Morgan fingerprint density at radius 1 is 1.62 bits per heavy atom. The van der Waals surface area contributed by atoms with Gasteiger partial charge in [-0.1, -0.05) is 11.6 Å². The Hall–Kier alpha value is -1.42. The minimum Gasteiger partial charge on any atom is -0.497 e. The molecule has 0 aliphatic heterocycles. The van der Waals surface area contributed by atoms with E-state index in [0.29, 0.717) is 16.5 Å². The second-order valence-corrected chi connectivity index (χ2v) is 2.68. The Balaban J connectivity index is 2.96. The number of ether oxygens (including phenoxy) is 1. The van der Waals surface area contributed by atoms with Crippen molar-refractivity contribution in [2.75, 3.05) is 12.4 Å². The van der Waals surface area contributed by atoms with Crippen molar-refractivity contribution in [3.8, 4) is 5.75 Å². The summed E-state index contributed by atoms with van der Waals surface area (Å²) in [6.45, 7) is 0. The largest absolute Gasteiger partial charge is 0.497 e. The van der Waals surface area contributed by atoms with Gasteiger partial charge in [0.15, 0.2) is 0 Å². The first kappa shape index (κ1) is 9.67. The van der Waals surface area contributed by atoms with Crippen molar-refractivity contribution in [3.05, 3.63) is 23.2 Å². The van der Waals surface area contributed by atoms with Gasteiger partial charge in [0.1, 0.15) is 5.75 Å². The molecule has 13 heavy (non-hydrogen) atoms. The monoisotopic (exact) mass is 201 g/mol. The van der Waals surface area contributed by atoms with Crippen LogP contribution >= 0.6 is 11.6 Å². The van der Waals surface area contributed by atoms with E-state index >= 15 is 0 Å². The van der Waals surface area contributed by atoms with Crippen LogP contribution in [-0.2, 0) is 0 Å². The van der Waals surface area contributed by atoms with Gasteiger partial charge in [-0.3, -0.25) is 5.32 Å². The molecule has 0 radical (unpaired) electrons. The van der Waals surface area contributed by atoms with Gasteiger partial charge in [0.05, 0.1) is 17.8 Å². The van der Waals surface area contributed by atoms with Crippen LogP contribution in [0.25, 0.3) is 0 Å². The number of carbonyl (C=O) groups is 1. The van der Waals surface area contributed by atoms with Gasteiger partial charge in [0, 0.05) is 6.07 Å². The fourth-order valence-electron chi connectivity index (χ4n) is 0.842. The van der Waals surface area contributed by atoms with Gasteiger partial charge in [-0.25, -0.2) is 4.79 Å². The summed E-state index contributed by atoms with van der Waals surface area (Å²) >= 11 is 5.72. The van der Waals surface area contributed by atoms with Gasteiger partial charge in [0.2, 0.25) is 0 Å². The van der Waals surface area contributed by atoms with Crippen molar-refractivity contribution in [2.45, 2.75) is 0 Å². The summed E-state index contributed by atoms with van der Waals surface area (Å²) in [5.41, 5.74) is 0.313. The molecule has 70 valence electrons. The number of hydrogen-bond acceptors (Lipinski definition) is 2. The molecule has 0 aromatic heterocycles. The third kappa shape index (κ3) is 2.52. The second kappa shape index (κ2) is 4.00. The van der Waals surface area contributed by atoms with Crippen LogP contribution in [0, 0.1) is 0 Å². The van der Waals surface area contributed by atoms with E-state index in [9.17, 15) is 4.79 Å². The number of nitrogens with one attached hydrogen (secondary N) is 1. The van der Waals surface area contributed by atoms with E-state index in [4.69, 9.17) is 21.4 Å². The van der Waals surface area contributed by atoms with Gasteiger partial charge in [-0.2, -0.15) is 0 Å². The highest BCUT2D eigenvalue weighted by Crippen LogP contribution is 2.26. The van der Waals surface area contributed by atoms with Crippen molar-refractivity contribution in [3.63, 3.8) is 0 Å². The summed E-state index contributed by atoms with van der Waals surface area (Å²) in [6, 6.07) is 4.72. The van der Waals surface area contributed by atoms with Crippen LogP contribution in [0.15, 0.2) is 18.2 Å². The molecule has 1 rings (SSSR count). The Kier molecular flexibility index (Phi) is 2.97. The number of rotatable bonds is 2. The maximum Gasteiger partial charge on any atom is 0.409 e. The normalized spacial score (nSPS) is 9.38. The van der Waals surface area contributed by atoms with Gasteiger partial charge in [0.25, 0.3) is 0 Å². The van der Waals surface area contributed by atoms with E-state index in [-0.39, 0.29) is 0 Å². The number of amides is 1. The quantitative estimate of drug-likeness (QED) is 0.773.